The first-order valence-corrected chi connectivity index (χ1v) is 10.1. The third-order valence-electron chi connectivity index (χ3n) is 4.96. The second-order valence-electron chi connectivity index (χ2n) is 6.88. The van der Waals surface area contributed by atoms with Crippen LogP contribution >= 0.6 is 0 Å². The lowest BCUT2D eigenvalue weighted by Gasteiger charge is -2.20. The molecular weight excluding hydrogens is 382 g/mol. The van der Waals surface area contributed by atoms with Crippen LogP contribution in [0.25, 0.3) is 10.9 Å². The van der Waals surface area contributed by atoms with E-state index in [1.165, 1.54) is 30.5 Å². The average Bonchev–Trinajstić information content (AvgIpc) is 3.25. The zero-order valence-electron chi connectivity index (χ0n) is 15.4. The van der Waals surface area contributed by atoms with Crippen molar-refractivity contribution in [2.75, 3.05) is 25.5 Å². The molecule has 3 aromatic rings. The molecule has 0 saturated heterocycles. The van der Waals surface area contributed by atoms with Crippen molar-refractivity contribution in [2.45, 2.75) is 18.0 Å². The molecule has 0 atom stereocenters. The zero-order valence-corrected chi connectivity index (χ0v) is 16.3. The summed E-state index contributed by atoms with van der Waals surface area (Å²) < 4.78 is 27.7. The fraction of sp³-hybridized carbons (Fsp3) is 0.278. The number of fused-ring (bicyclic) bond motifs is 2. The molecule has 0 bridgehead atoms. The van der Waals surface area contributed by atoms with Crippen molar-refractivity contribution >= 4 is 32.3 Å². The number of nitro groups is 1. The Kier molecular flexibility index (Phi) is 4.31. The fourth-order valence-electron chi connectivity index (χ4n) is 3.43. The first-order chi connectivity index (χ1) is 13.3. The predicted octanol–water partition coefficient (Wildman–Crippen LogP) is 2.21. The van der Waals surface area contributed by atoms with Crippen molar-refractivity contribution in [3.8, 4) is 0 Å². The van der Waals surface area contributed by atoms with Gasteiger partial charge in [-0.05, 0) is 36.2 Å². The van der Waals surface area contributed by atoms with Gasteiger partial charge in [0.15, 0.2) is 0 Å². The van der Waals surface area contributed by atoms with Crippen molar-refractivity contribution in [2.24, 2.45) is 0 Å². The largest absolute Gasteiger partial charge is 0.352 e. The number of rotatable bonds is 5. The highest BCUT2D eigenvalue weighted by Crippen LogP contribution is 2.31. The van der Waals surface area contributed by atoms with Gasteiger partial charge in [-0.3, -0.25) is 10.1 Å². The molecule has 9 nitrogen and oxygen atoms in total. The molecule has 2 heterocycles. The molecule has 0 amide bonds. The number of nitro benzene ring substituents is 1. The molecule has 2 aromatic carbocycles. The molecule has 0 radical (unpaired) electrons. The number of non-ortho nitro benzene ring substituents is 1. The maximum absolute atomic E-state index is 12.3. The minimum atomic E-state index is -3.46. The zero-order chi connectivity index (χ0) is 20.1. The van der Waals surface area contributed by atoms with Gasteiger partial charge in [-0.25, -0.2) is 17.4 Å². The van der Waals surface area contributed by atoms with Crippen LogP contribution in [0.5, 0.6) is 0 Å². The molecule has 0 fully saturated rings. The van der Waals surface area contributed by atoms with Gasteiger partial charge < -0.3 is 4.90 Å². The molecule has 1 aliphatic heterocycles. The Labute approximate surface area is 162 Å². The third kappa shape index (κ3) is 3.00. The van der Waals surface area contributed by atoms with Gasteiger partial charge in [-0.2, -0.15) is 5.10 Å². The predicted molar refractivity (Wildman–Crippen MR) is 105 cm³/mol. The van der Waals surface area contributed by atoms with E-state index in [9.17, 15) is 18.5 Å². The summed E-state index contributed by atoms with van der Waals surface area (Å²) >= 11 is 0. The standard InChI is InChI=1S/C18H19N5O4S/c1-20(2)28(26,27)16-4-6-17-13(10-16)7-8-21(17)12-22-18-5-3-15(23(24)25)9-14(18)11-19-22/h3-6,9-11H,7-8,12H2,1-2H3. The molecule has 1 aliphatic rings. The van der Waals surface area contributed by atoms with E-state index in [-0.39, 0.29) is 10.6 Å². The number of aromatic nitrogens is 2. The summed E-state index contributed by atoms with van der Waals surface area (Å²) in [4.78, 5) is 12.9. The Hall–Kier alpha value is -2.98. The number of anilines is 1. The first-order valence-electron chi connectivity index (χ1n) is 8.68. The van der Waals surface area contributed by atoms with Crippen LogP contribution in [0.2, 0.25) is 0 Å². The molecule has 0 saturated carbocycles. The van der Waals surface area contributed by atoms with Gasteiger partial charge >= 0.3 is 0 Å². The highest BCUT2D eigenvalue weighted by Gasteiger charge is 2.24. The monoisotopic (exact) mass is 401 g/mol. The van der Waals surface area contributed by atoms with E-state index in [1.807, 2.05) is 6.07 Å². The second kappa shape index (κ2) is 6.57. The molecule has 146 valence electrons. The van der Waals surface area contributed by atoms with E-state index in [4.69, 9.17) is 0 Å². The molecular formula is C18H19N5O4S. The molecule has 10 heteroatoms. The van der Waals surface area contributed by atoms with Crippen LogP contribution in [0.15, 0.2) is 47.5 Å². The van der Waals surface area contributed by atoms with Crippen LogP contribution in [-0.4, -0.2) is 48.1 Å². The van der Waals surface area contributed by atoms with Crippen LogP contribution in [0.3, 0.4) is 0 Å². The SMILES string of the molecule is CN(C)S(=O)(=O)c1ccc2c(c1)CCN2Cn1ncc2cc([N+](=O)[O-])ccc21. The minimum Gasteiger partial charge on any atom is -0.352 e. The van der Waals surface area contributed by atoms with Gasteiger partial charge in [0.25, 0.3) is 5.69 Å². The Balaban J connectivity index is 1.62. The second-order valence-corrected chi connectivity index (χ2v) is 9.03. The van der Waals surface area contributed by atoms with Gasteiger partial charge in [-0.1, -0.05) is 0 Å². The van der Waals surface area contributed by atoms with Gasteiger partial charge in [0.05, 0.1) is 21.5 Å². The van der Waals surface area contributed by atoms with Crippen LogP contribution in [-0.2, 0) is 23.1 Å². The van der Waals surface area contributed by atoms with E-state index in [0.717, 1.165) is 29.7 Å². The van der Waals surface area contributed by atoms with Gasteiger partial charge in [0.2, 0.25) is 10.0 Å². The van der Waals surface area contributed by atoms with Crippen molar-refractivity contribution in [3.63, 3.8) is 0 Å². The topological polar surface area (TPSA) is 102 Å². The molecule has 0 spiro atoms. The highest BCUT2D eigenvalue weighted by atomic mass is 32.2. The van der Waals surface area contributed by atoms with Crippen molar-refractivity contribution < 1.29 is 13.3 Å². The maximum atomic E-state index is 12.3. The summed E-state index contributed by atoms with van der Waals surface area (Å²) in [7, 11) is -0.432. The minimum absolute atomic E-state index is 0.0354. The van der Waals surface area contributed by atoms with E-state index in [1.54, 1.807) is 29.1 Å². The smallest absolute Gasteiger partial charge is 0.270 e. The molecule has 0 unspecified atom stereocenters. The van der Waals surface area contributed by atoms with Gasteiger partial charge in [-0.15, -0.1) is 0 Å². The van der Waals surface area contributed by atoms with Crippen molar-refractivity contribution in [1.82, 2.24) is 14.1 Å². The number of sulfonamides is 1. The van der Waals surface area contributed by atoms with E-state index in [2.05, 4.69) is 10.00 Å². The Morgan fingerprint density at radius 2 is 2.00 bits per heavy atom. The summed E-state index contributed by atoms with van der Waals surface area (Å²) in [6, 6.07) is 9.86. The molecule has 0 N–H and O–H groups in total. The number of nitrogens with zero attached hydrogens (tertiary/aromatic N) is 5. The Morgan fingerprint density at radius 1 is 1.21 bits per heavy atom. The van der Waals surface area contributed by atoms with Crippen LogP contribution < -0.4 is 4.90 Å². The molecule has 28 heavy (non-hydrogen) atoms. The van der Waals surface area contributed by atoms with Crippen LogP contribution in [0.1, 0.15) is 5.56 Å². The summed E-state index contributed by atoms with van der Waals surface area (Å²) in [5.41, 5.74) is 2.80. The normalized spacial score (nSPS) is 14.0. The Bertz CT molecular complexity index is 1190. The number of benzene rings is 2. The van der Waals surface area contributed by atoms with Gasteiger partial charge in [0.1, 0.15) is 6.67 Å². The lowest BCUT2D eigenvalue weighted by atomic mass is 10.2. The van der Waals surface area contributed by atoms with E-state index >= 15 is 0 Å². The van der Waals surface area contributed by atoms with E-state index < -0.39 is 14.9 Å². The lowest BCUT2D eigenvalue weighted by Crippen LogP contribution is -2.24. The van der Waals surface area contributed by atoms with Crippen LogP contribution in [0.4, 0.5) is 11.4 Å². The summed E-state index contributed by atoms with van der Waals surface area (Å²) in [6.45, 7) is 1.23. The molecule has 4 rings (SSSR count). The maximum Gasteiger partial charge on any atom is 0.270 e. The summed E-state index contributed by atoms with van der Waals surface area (Å²) in [5.74, 6) is 0. The number of hydrogen-bond acceptors (Lipinski definition) is 6. The van der Waals surface area contributed by atoms with Gasteiger partial charge in [0, 0.05) is 43.8 Å². The van der Waals surface area contributed by atoms with E-state index in [0.29, 0.717) is 12.1 Å². The first kappa shape index (κ1) is 18.4. The van der Waals surface area contributed by atoms with Crippen molar-refractivity contribution in [1.29, 1.82) is 0 Å². The summed E-state index contributed by atoms with van der Waals surface area (Å²) in [6.07, 6.45) is 2.36. The highest BCUT2D eigenvalue weighted by molar-refractivity contribution is 7.89. The molecule has 0 aliphatic carbocycles. The fourth-order valence-corrected chi connectivity index (χ4v) is 4.38. The quantitative estimate of drug-likeness (QED) is 0.480. The summed E-state index contributed by atoms with van der Waals surface area (Å²) in [5, 5.41) is 16.0. The Morgan fingerprint density at radius 3 is 2.71 bits per heavy atom. The van der Waals surface area contributed by atoms with Crippen LogP contribution in [0, 0.1) is 10.1 Å². The lowest BCUT2D eigenvalue weighted by molar-refractivity contribution is -0.384. The van der Waals surface area contributed by atoms with Crippen molar-refractivity contribution in [3.05, 3.63) is 58.3 Å². The third-order valence-corrected chi connectivity index (χ3v) is 6.77. The number of hydrogen-bond donors (Lipinski definition) is 0. The molecule has 1 aromatic heterocycles. The average molecular weight is 401 g/mol.